The van der Waals surface area contributed by atoms with E-state index in [2.05, 4.69) is 15.4 Å². The van der Waals surface area contributed by atoms with Gasteiger partial charge in [-0.05, 0) is 47.2 Å². The lowest BCUT2D eigenvalue weighted by Gasteiger charge is -2.07. The molecule has 2 aromatic carbocycles. The Labute approximate surface area is 128 Å². The monoisotopic (exact) mass is 322 g/mol. The quantitative estimate of drug-likeness (QED) is 0.693. The van der Waals surface area contributed by atoms with Crippen molar-refractivity contribution in [2.75, 3.05) is 0 Å². The summed E-state index contributed by atoms with van der Waals surface area (Å²) in [5, 5.41) is 11.8. The first kappa shape index (κ1) is 15.1. The Morgan fingerprint density at radius 3 is 2.17 bits per heavy atom. The number of hydrogen-bond donors (Lipinski definition) is 0. The van der Waals surface area contributed by atoms with Crippen molar-refractivity contribution in [3.8, 4) is 11.4 Å². The molecule has 0 saturated heterocycles. The van der Waals surface area contributed by atoms with Gasteiger partial charge in [0.25, 0.3) is 0 Å². The SMILES string of the molecule is Fc1ccc(-c2nnn(Cc3ccc(C(F)(F)F)cc3)n2)cc1. The molecule has 0 atom stereocenters. The number of rotatable bonds is 3. The predicted octanol–water partition coefficient (Wildman–Crippen LogP) is 3.55. The third-order valence-electron chi connectivity index (χ3n) is 3.16. The molecule has 0 unspecified atom stereocenters. The van der Waals surface area contributed by atoms with Crippen molar-refractivity contribution in [1.29, 1.82) is 0 Å². The summed E-state index contributed by atoms with van der Waals surface area (Å²) in [7, 11) is 0. The van der Waals surface area contributed by atoms with E-state index in [1.165, 1.54) is 41.2 Å². The third-order valence-corrected chi connectivity index (χ3v) is 3.16. The van der Waals surface area contributed by atoms with Crippen LogP contribution < -0.4 is 0 Å². The van der Waals surface area contributed by atoms with E-state index in [1.807, 2.05) is 0 Å². The largest absolute Gasteiger partial charge is 0.416 e. The number of aromatic nitrogens is 4. The molecule has 0 aliphatic heterocycles. The molecule has 3 aromatic rings. The Balaban J connectivity index is 1.75. The van der Waals surface area contributed by atoms with E-state index in [9.17, 15) is 17.6 Å². The summed E-state index contributed by atoms with van der Waals surface area (Å²) in [6, 6.07) is 10.4. The lowest BCUT2D eigenvalue weighted by molar-refractivity contribution is -0.137. The van der Waals surface area contributed by atoms with Gasteiger partial charge in [-0.25, -0.2) is 4.39 Å². The van der Waals surface area contributed by atoms with Gasteiger partial charge in [0.05, 0.1) is 12.1 Å². The number of hydrogen-bond acceptors (Lipinski definition) is 3. The number of tetrazole rings is 1. The molecule has 3 rings (SSSR count). The Bertz CT molecular complexity index is 792. The second-order valence-electron chi connectivity index (χ2n) is 4.85. The first-order chi connectivity index (χ1) is 10.9. The number of nitrogens with zero attached hydrogens (tertiary/aromatic N) is 4. The minimum atomic E-state index is -4.36. The summed E-state index contributed by atoms with van der Waals surface area (Å²) in [5.41, 5.74) is 0.505. The highest BCUT2D eigenvalue weighted by Crippen LogP contribution is 2.29. The molecular weight excluding hydrogens is 312 g/mol. The van der Waals surface area contributed by atoms with Crippen LogP contribution in [-0.2, 0) is 12.7 Å². The van der Waals surface area contributed by atoms with E-state index in [-0.39, 0.29) is 12.4 Å². The van der Waals surface area contributed by atoms with Gasteiger partial charge in [-0.2, -0.15) is 18.0 Å². The van der Waals surface area contributed by atoms with Crippen molar-refractivity contribution in [2.24, 2.45) is 0 Å². The van der Waals surface area contributed by atoms with Crippen LogP contribution in [0.1, 0.15) is 11.1 Å². The minimum Gasteiger partial charge on any atom is -0.207 e. The van der Waals surface area contributed by atoms with Crippen molar-refractivity contribution in [3.63, 3.8) is 0 Å². The van der Waals surface area contributed by atoms with Crippen LogP contribution in [0.4, 0.5) is 17.6 Å². The lowest BCUT2D eigenvalue weighted by Crippen LogP contribution is -2.07. The zero-order valence-corrected chi connectivity index (χ0v) is 11.6. The zero-order valence-electron chi connectivity index (χ0n) is 11.6. The molecule has 0 bridgehead atoms. The smallest absolute Gasteiger partial charge is 0.207 e. The van der Waals surface area contributed by atoms with Crippen LogP contribution in [0.3, 0.4) is 0 Å². The molecule has 0 fully saturated rings. The molecule has 4 nitrogen and oxygen atoms in total. The van der Waals surface area contributed by atoms with E-state index in [1.54, 1.807) is 0 Å². The molecule has 0 aliphatic rings. The molecule has 8 heteroatoms. The summed E-state index contributed by atoms with van der Waals surface area (Å²) in [5.74, 6) is -0.0530. The maximum atomic E-state index is 12.9. The molecule has 0 amide bonds. The van der Waals surface area contributed by atoms with Crippen LogP contribution in [-0.4, -0.2) is 20.2 Å². The normalized spacial score (nSPS) is 11.7. The minimum absolute atomic E-state index is 0.187. The highest BCUT2D eigenvalue weighted by Gasteiger charge is 2.29. The Morgan fingerprint density at radius 1 is 0.913 bits per heavy atom. The highest BCUT2D eigenvalue weighted by atomic mass is 19.4. The Morgan fingerprint density at radius 2 is 1.57 bits per heavy atom. The van der Waals surface area contributed by atoms with Crippen molar-refractivity contribution >= 4 is 0 Å². The van der Waals surface area contributed by atoms with Crippen LogP contribution >= 0.6 is 0 Å². The molecule has 23 heavy (non-hydrogen) atoms. The van der Waals surface area contributed by atoms with E-state index in [0.29, 0.717) is 17.0 Å². The molecule has 1 aromatic heterocycles. The first-order valence-electron chi connectivity index (χ1n) is 6.62. The fourth-order valence-corrected chi connectivity index (χ4v) is 1.99. The van der Waals surface area contributed by atoms with Gasteiger partial charge in [0.2, 0.25) is 5.82 Å². The van der Waals surface area contributed by atoms with Crippen LogP contribution in [0.25, 0.3) is 11.4 Å². The molecule has 118 valence electrons. The van der Waals surface area contributed by atoms with Gasteiger partial charge in [-0.1, -0.05) is 12.1 Å². The molecule has 1 heterocycles. The van der Waals surface area contributed by atoms with Crippen molar-refractivity contribution < 1.29 is 17.6 Å². The first-order valence-corrected chi connectivity index (χ1v) is 6.62. The van der Waals surface area contributed by atoms with Gasteiger partial charge in [-0.15, -0.1) is 10.2 Å². The van der Waals surface area contributed by atoms with Crippen LogP contribution in [0.2, 0.25) is 0 Å². The van der Waals surface area contributed by atoms with Crippen LogP contribution in [0.5, 0.6) is 0 Å². The van der Waals surface area contributed by atoms with Crippen molar-refractivity contribution in [2.45, 2.75) is 12.7 Å². The molecule has 0 radical (unpaired) electrons. The lowest BCUT2D eigenvalue weighted by atomic mass is 10.1. The number of halogens is 4. The summed E-state index contributed by atoms with van der Waals surface area (Å²) in [6.07, 6.45) is -4.36. The van der Waals surface area contributed by atoms with E-state index in [0.717, 1.165) is 12.1 Å². The summed E-state index contributed by atoms with van der Waals surface area (Å²) in [4.78, 5) is 1.27. The van der Waals surface area contributed by atoms with Gasteiger partial charge < -0.3 is 0 Å². The van der Waals surface area contributed by atoms with E-state index in [4.69, 9.17) is 0 Å². The van der Waals surface area contributed by atoms with Gasteiger partial charge in [0, 0.05) is 5.56 Å². The molecule has 0 saturated carbocycles. The average Bonchev–Trinajstić information content (AvgIpc) is 2.96. The average molecular weight is 322 g/mol. The van der Waals surface area contributed by atoms with Crippen LogP contribution in [0, 0.1) is 5.82 Å². The number of alkyl halides is 3. The Kier molecular flexibility index (Phi) is 3.81. The fraction of sp³-hybridized carbons (Fsp3) is 0.133. The van der Waals surface area contributed by atoms with Gasteiger partial charge in [0.1, 0.15) is 5.82 Å². The summed E-state index contributed by atoms with van der Waals surface area (Å²) < 4.78 is 50.4. The summed E-state index contributed by atoms with van der Waals surface area (Å²) >= 11 is 0. The van der Waals surface area contributed by atoms with Gasteiger partial charge in [0.15, 0.2) is 0 Å². The molecule has 0 aliphatic carbocycles. The maximum absolute atomic E-state index is 12.9. The zero-order chi connectivity index (χ0) is 16.4. The van der Waals surface area contributed by atoms with Gasteiger partial charge in [-0.3, -0.25) is 0 Å². The Hall–Kier alpha value is -2.77. The van der Waals surface area contributed by atoms with E-state index < -0.39 is 11.7 Å². The molecule has 0 spiro atoms. The second-order valence-corrected chi connectivity index (χ2v) is 4.85. The predicted molar refractivity (Wildman–Crippen MR) is 73.8 cm³/mol. The van der Waals surface area contributed by atoms with Crippen molar-refractivity contribution in [1.82, 2.24) is 20.2 Å². The highest BCUT2D eigenvalue weighted by molar-refractivity contribution is 5.53. The molecular formula is C15H10F4N4. The van der Waals surface area contributed by atoms with E-state index >= 15 is 0 Å². The number of benzene rings is 2. The maximum Gasteiger partial charge on any atom is 0.416 e. The summed E-state index contributed by atoms with van der Waals surface area (Å²) in [6.45, 7) is 0.187. The standard InChI is InChI=1S/C15H10F4N4/c16-13-7-3-11(4-8-13)14-20-22-23(21-14)9-10-1-5-12(6-2-10)15(17,18)19/h1-8H,9H2. The van der Waals surface area contributed by atoms with Gasteiger partial charge >= 0.3 is 6.18 Å². The molecule has 0 N–H and O–H groups in total. The third kappa shape index (κ3) is 3.53. The second kappa shape index (κ2) is 5.79. The fourth-order valence-electron chi connectivity index (χ4n) is 1.99. The topological polar surface area (TPSA) is 43.6 Å². The van der Waals surface area contributed by atoms with Crippen LogP contribution in [0.15, 0.2) is 48.5 Å². The van der Waals surface area contributed by atoms with Crippen molar-refractivity contribution in [3.05, 3.63) is 65.5 Å².